The van der Waals surface area contributed by atoms with Gasteiger partial charge < -0.3 is 5.32 Å². The van der Waals surface area contributed by atoms with Crippen LogP contribution in [-0.4, -0.2) is 21.0 Å². The summed E-state index contributed by atoms with van der Waals surface area (Å²) in [6, 6.07) is 5.68. The summed E-state index contributed by atoms with van der Waals surface area (Å²) in [6.07, 6.45) is 4.99. The van der Waals surface area contributed by atoms with Gasteiger partial charge in [0.15, 0.2) is 5.17 Å². The van der Waals surface area contributed by atoms with Crippen LogP contribution in [0.3, 0.4) is 0 Å². The first-order valence-corrected chi connectivity index (χ1v) is 6.03. The molecule has 1 aromatic carbocycles. The SMILES string of the molecule is N=C1NC(=O)C(=Cc2ccc3ncncc3c2)S1. The van der Waals surface area contributed by atoms with E-state index in [1.807, 2.05) is 18.2 Å². The molecule has 88 valence electrons. The number of benzene rings is 1. The van der Waals surface area contributed by atoms with Gasteiger partial charge in [-0.25, -0.2) is 9.97 Å². The number of nitrogens with zero attached hydrogens (tertiary/aromatic N) is 2. The van der Waals surface area contributed by atoms with Crippen LogP contribution in [0.4, 0.5) is 0 Å². The molecule has 1 aliphatic heterocycles. The van der Waals surface area contributed by atoms with Gasteiger partial charge in [-0.05, 0) is 35.5 Å². The zero-order chi connectivity index (χ0) is 12.5. The van der Waals surface area contributed by atoms with Gasteiger partial charge >= 0.3 is 0 Å². The zero-order valence-corrected chi connectivity index (χ0v) is 9.99. The number of carbonyl (C=O) groups is 1. The molecule has 1 saturated heterocycles. The number of amidine groups is 1. The predicted molar refractivity (Wildman–Crippen MR) is 71.0 cm³/mol. The summed E-state index contributed by atoms with van der Waals surface area (Å²) < 4.78 is 0. The number of thioether (sulfide) groups is 1. The molecule has 0 atom stereocenters. The maximum atomic E-state index is 11.5. The van der Waals surface area contributed by atoms with E-state index in [-0.39, 0.29) is 11.1 Å². The van der Waals surface area contributed by atoms with E-state index in [2.05, 4.69) is 15.3 Å². The second-order valence-corrected chi connectivity index (χ2v) is 4.79. The van der Waals surface area contributed by atoms with Crippen LogP contribution in [0.25, 0.3) is 17.0 Å². The summed E-state index contributed by atoms with van der Waals surface area (Å²) in [4.78, 5) is 20.1. The first kappa shape index (κ1) is 10.9. The maximum Gasteiger partial charge on any atom is 0.264 e. The number of nitrogens with one attached hydrogen (secondary N) is 2. The number of carbonyl (C=O) groups excluding carboxylic acids is 1. The quantitative estimate of drug-likeness (QED) is 0.762. The summed E-state index contributed by atoms with van der Waals surface area (Å²) in [5, 5.41) is 10.9. The molecular weight excluding hydrogens is 248 g/mol. The number of rotatable bonds is 1. The van der Waals surface area contributed by atoms with Gasteiger partial charge in [0.25, 0.3) is 5.91 Å². The van der Waals surface area contributed by atoms with Crippen LogP contribution in [0.1, 0.15) is 5.56 Å². The average Bonchev–Trinajstić information content (AvgIpc) is 2.68. The van der Waals surface area contributed by atoms with E-state index < -0.39 is 0 Å². The third-order valence-electron chi connectivity index (χ3n) is 2.49. The van der Waals surface area contributed by atoms with Crippen LogP contribution in [-0.2, 0) is 4.79 Å². The second-order valence-electron chi connectivity index (χ2n) is 3.73. The Hall–Kier alpha value is -2.21. The van der Waals surface area contributed by atoms with E-state index in [1.54, 1.807) is 12.3 Å². The predicted octanol–water partition coefficient (Wildman–Crippen LogP) is 1.77. The fraction of sp³-hybridized carbons (Fsp3) is 0. The molecular formula is C12H8N4OS. The summed E-state index contributed by atoms with van der Waals surface area (Å²) in [7, 11) is 0. The number of hydrogen-bond donors (Lipinski definition) is 2. The number of amides is 1. The van der Waals surface area contributed by atoms with Crippen molar-refractivity contribution in [1.82, 2.24) is 15.3 Å². The minimum absolute atomic E-state index is 0.162. The monoisotopic (exact) mass is 256 g/mol. The molecule has 3 rings (SSSR count). The molecule has 2 N–H and O–H groups in total. The van der Waals surface area contributed by atoms with E-state index >= 15 is 0 Å². The van der Waals surface area contributed by atoms with Crippen molar-refractivity contribution >= 4 is 39.8 Å². The molecule has 6 heteroatoms. The smallest absolute Gasteiger partial charge is 0.264 e. The molecule has 1 fully saturated rings. The Kier molecular flexibility index (Phi) is 2.56. The Bertz CT molecular complexity index is 695. The van der Waals surface area contributed by atoms with E-state index in [1.165, 1.54) is 6.33 Å². The number of hydrogen-bond acceptors (Lipinski definition) is 5. The van der Waals surface area contributed by atoms with Gasteiger partial charge in [-0.1, -0.05) is 6.07 Å². The van der Waals surface area contributed by atoms with Gasteiger partial charge in [0.1, 0.15) is 6.33 Å². The molecule has 2 aromatic rings. The molecule has 5 nitrogen and oxygen atoms in total. The van der Waals surface area contributed by atoms with Crippen molar-refractivity contribution in [3.05, 3.63) is 41.2 Å². The molecule has 0 bridgehead atoms. The van der Waals surface area contributed by atoms with Crippen LogP contribution in [0.15, 0.2) is 35.6 Å². The molecule has 1 aromatic heterocycles. The van der Waals surface area contributed by atoms with Crippen molar-refractivity contribution in [2.45, 2.75) is 0 Å². The second kappa shape index (κ2) is 4.23. The van der Waals surface area contributed by atoms with Crippen molar-refractivity contribution in [1.29, 1.82) is 5.41 Å². The zero-order valence-electron chi connectivity index (χ0n) is 9.18. The molecule has 1 amide bonds. The number of fused-ring (bicyclic) bond motifs is 1. The number of aromatic nitrogens is 2. The normalized spacial score (nSPS) is 17.4. The lowest BCUT2D eigenvalue weighted by molar-refractivity contribution is -0.115. The first-order chi connectivity index (χ1) is 8.72. The topological polar surface area (TPSA) is 78.7 Å². The highest BCUT2D eigenvalue weighted by molar-refractivity contribution is 8.18. The molecule has 0 saturated carbocycles. The Labute approximate surface area is 107 Å². The Morgan fingerprint density at radius 2 is 2.28 bits per heavy atom. The van der Waals surface area contributed by atoms with E-state index in [9.17, 15) is 4.79 Å². The highest BCUT2D eigenvalue weighted by Crippen LogP contribution is 2.25. The van der Waals surface area contributed by atoms with Gasteiger partial charge in [-0.3, -0.25) is 10.2 Å². The van der Waals surface area contributed by atoms with Crippen LogP contribution in [0.5, 0.6) is 0 Å². The van der Waals surface area contributed by atoms with Crippen molar-refractivity contribution in [2.75, 3.05) is 0 Å². The third-order valence-corrected chi connectivity index (χ3v) is 3.32. The average molecular weight is 256 g/mol. The van der Waals surface area contributed by atoms with E-state index in [4.69, 9.17) is 5.41 Å². The van der Waals surface area contributed by atoms with E-state index in [0.29, 0.717) is 4.91 Å². The summed E-state index contributed by atoms with van der Waals surface area (Å²) in [5.74, 6) is -0.227. The molecule has 0 spiro atoms. The highest BCUT2D eigenvalue weighted by atomic mass is 32.2. The molecule has 18 heavy (non-hydrogen) atoms. The maximum absolute atomic E-state index is 11.5. The summed E-state index contributed by atoms with van der Waals surface area (Å²) in [5.41, 5.74) is 1.76. The Morgan fingerprint density at radius 3 is 3.06 bits per heavy atom. The lowest BCUT2D eigenvalue weighted by Crippen LogP contribution is -2.18. The van der Waals surface area contributed by atoms with Gasteiger partial charge in [0.2, 0.25) is 0 Å². The molecule has 1 aliphatic rings. The highest BCUT2D eigenvalue weighted by Gasteiger charge is 2.21. The van der Waals surface area contributed by atoms with Gasteiger partial charge in [-0.2, -0.15) is 0 Å². The largest absolute Gasteiger partial charge is 0.301 e. The third kappa shape index (κ3) is 1.98. The fourth-order valence-electron chi connectivity index (χ4n) is 1.69. The summed E-state index contributed by atoms with van der Waals surface area (Å²) in [6.45, 7) is 0. The lowest BCUT2D eigenvalue weighted by Gasteiger charge is -1.98. The minimum Gasteiger partial charge on any atom is -0.301 e. The molecule has 0 aliphatic carbocycles. The van der Waals surface area contributed by atoms with Gasteiger partial charge in [0, 0.05) is 11.6 Å². The molecule has 2 heterocycles. The van der Waals surface area contributed by atoms with Crippen molar-refractivity contribution in [3.63, 3.8) is 0 Å². The van der Waals surface area contributed by atoms with Crippen molar-refractivity contribution in [2.24, 2.45) is 0 Å². The first-order valence-electron chi connectivity index (χ1n) is 5.21. The molecule has 0 radical (unpaired) electrons. The van der Waals surface area contributed by atoms with Crippen LogP contribution in [0, 0.1) is 5.41 Å². The minimum atomic E-state index is -0.227. The Morgan fingerprint density at radius 1 is 1.39 bits per heavy atom. The fourth-order valence-corrected chi connectivity index (χ4v) is 2.39. The summed E-state index contributed by atoms with van der Waals surface area (Å²) >= 11 is 1.13. The Balaban J connectivity index is 2.02. The van der Waals surface area contributed by atoms with Crippen molar-refractivity contribution in [3.8, 4) is 0 Å². The molecule has 0 unspecified atom stereocenters. The van der Waals surface area contributed by atoms with Crippen LogP contribution >= 0.6 is 11.8 Å². The van der Waals surface area contributed by atoms with Crippen molar-refractivity contribution < 1.29 is 4.79 Å². The van der Waals surface area contributed by atoms with Crippen LogP contribution in [0.2, 0.25) is 0 Å². The van der Waals surface area contributed by atoms with Gasteiger partial charge in [0.05, 0.1) is 10.4 Å². The van der Waals surface area contributed by atoms with Gasteiger partial charge in [-0.15, -0.1) is 0 Å². The standard InChI is InChI=1S/C12H8N4OS/c13-12-16-11(17)10(18-12)4-7-1-2-9-8(3-7)5-14-6-15-9/h1-6H,(H2,13,16,17). The lowest BCUT2D eigenvalue weighted by atomic mass is 10.1. The van der Waals surface area contributed by atoms with E-state index in [0.717, 1.165) is 28.2 Å². The van der Waals surface area contributed by atoms with Crippen LogP contribution < -0.4 is 5.32 Å².